The Morgan fingerprint density at radius 3 is 2.52 bits per heavy atom. The lowest BCUT2D eigenvalue weighted by atomic mass is 10.1. The van der Waals surface area contributed by atoms with Gasteiger partial charge in [0.05, 0.1) is 12.7 Å². The van der Waals surface area contributed by atoms with Crippen LogP contribution in [0.3, 0.4) is 0 Å². The number of carbonyl (C=O) groups is 2. The summed E-state index contributed by atoms with van der Waals surface area (Å²) >= 11 is 3.27. The number of carbonyl (C=O) groups excluding carboxylic acids is 2. The normalized spacial score (nSPS) is 10.7. The molecule has 0 aliphatic carbocycles. The lowest BCUT2D eigenvalue weighted by molar-refractivity contribution is -0.125. The van der Waals surface area contributed by atoms with Crippen LogP contribution in [0.2, 0.25) is 0 Å². The summed E-state index contributed by atoms with van der Waals surface area (Å²) in [4.78, 5) is 25.1. The minimum absolute atomic E-state index is 0.253. The van der Waals surface area contributed by atoms with Crippen LogP contribution in [-0.2, 0) is 16.1 Å². The molecular weight excluding hydrogens is 389 g/mol. The van der Waals surface area contributed by atoms with Gasteiger partial charge < -0.3 is 9.64 Å². The summed E-state index contributed by atoms with van der Waals surface area (Å²) < 4.78 is 19.0. The van der Waals surface area contributed by atoms with Crippen molar-refractivity contribution in [2.75, 3.05) is 14.2 Å². The van der Waals surface area contributed by atoms with Crippen LogP contribution >= 0.6 is 15.9 Å². The number of benzene rings is 2. The lowest BCUT2D eigenvalue weighted by Gasteiger charge is -2.15. The molecule has 0 radical (unpaired) electrons. The Morgan fingerprint density at radius 1 is 1.20 bits per heavy atom. The van der Waals surface area contributed by atoms with Crippen molar-refractivity contribution in [1.82, 2.24) is 4.90 Å². The zero-order chi connectivity index (χ0) is 18.4. The number of rotatable bonds is 5. The Labute approximate surface area is 154 Å². The Kier molecular flexibility index (Phi) is 6.47. The third-order valence-corrected chi connectivity index (χ3v) is 4.03. The van der Waals surface area contributed by atoms with E-state index in [1.165, 1.54) is 30.2 Å². The SMILES string of the molecule is COC(=O)c1ccc(CN(C)C(=O)/C=C/c2cc(Br)ccc2F)cc1. The fraction of sp³-hybridized carbons (Fsp3) is 0.158. The van der Waals surface area contributed by atoms with Gasteiger partial charge >= 0.3 is 5.97 Å². The molecule has 0 aliphatic rings. The summed E-state index contributed by atoms with van der Waals surface area (Å²) in [6, 6.07) is 11.3. The van der Waals surface area contributed by atoms with Crippen LogP contribution < -0.4 is 0 Å². The van der Waals surface area contributed by atoms with Crippen LogP contribution in [0.1, 0.15) is 21.5 Å². The van der Waals surface area contributed by atoms with Crippen molar-refractivity contribution in [1.29, 1.82) is 0 Å². The average molecular weight is 406 g/mol. The van der Waals surface area contributed by atoms with E-state index >= 15 is 0 Å². The van der Waals surface area contributed by atoms with Crippen molar-refractivity contribution < 1.29 is 18.7 Å². The largest absolute Gasteiger partial charge is 0.465 e. The van der Waals surface area contributed by atoms with E-state index in [-0.39, 0.29) is 5.91 Å². The average Bonchev–Trinajstić information content (AvgIpc) is 2.62. The summed E-state index contributed by atoms with van der Waals surface area (Å²) in [6.07, 6.45) is 2.77. The molecule has 0 unspecified atom stereocenters. The van der Waals surface area contributed by atoms with Crippen molar-refractivity contribution in [3.63, 3.8) is 0 Å². The third-order valence-electron chi connectivity index (χ3n) is 3.53. The number of hydrogen-bond acceptors (Lipinski definition) is 3. The van der Waals surface area contributed by atoms with Crippen molar-refractivity contribution >= 4 is 33.9 Å². The maximum absolute atomic E-state index is 13.7. The van der Waals surface area contributed by atoms with Crippen molar-refractivity contribution in [2.24, 2.45) is 0 Å². The molecule has 0 N–H and O–H groups in total. The quantitative estimate of drug-likeness (QED) is 0.556. The van der Waals surface area contributed by atoms with Gasteiger partial charge in [-0.2, -0.15) is 0 Å². The number of likely N-dealkylation sites (N-methyl/N-ethyl adjacent to an activating group) is 1. The molecule has 2 aromatic rings. The van der Waals surface area contributed by atoms with Gasteiger partial charge in [0.25, 0.3) is 0 Å². The predicted molar refractivity (Wildman–Crippen MR) is 97.4 cm³/mol. The summed E-state index contributed by atoms with van der Waals surface area (Å²) in [7, 11) is 2.97. The smallest absolute Gasteiger partial charge is 0.337 e. The standard InChI is InChI=1S/C19H17BrFNO3/c1-22(12-13-3-5-14(6-4-13)19(24)25-2)18(23)10-7-15-11-16(20)8-9-17(15)21/h3-11H,12H2,1-2H3/b10-7+. The van der Waals surface area contributed by atoms with E-state index in [0.29, 0.717) is 17.7 Å². The van der Waals surface area contributed by atoms with Gasteiger partial charge in [0, 0.05) is 29.7 Å². The molecule has 1 amide bonds. The molecular formula is C19H17BrFNO3. The number of amides is 1. The Bertz CT molecular complexity index is 803. The van der Waals surface area contributed by atoms with E-state index in [0.717, 1.165) is 10.0 Å². The van der Waals surface area contributed by atoms with Crippen LogP contribution in [0, 0.1) is 5.82 Å². The van der Waals surface area contributed by atoms with Gasteiger partial charge in [0.2, 0.25) is 5.91 Å². The molecule has 0 saturated heterocycles. The van der Waals surface area contributed by atoms with Gasteiger partial charge in [-0.1, -0.05) is 28.1 Å². The molecule has 0 fully saturated rings. The highest BCUT2D eigenvalue weighted by Gasteiger charge is 2.09. The fourth-order valence-corrected chi connectivity index (χ4v) is 2.53. The van der Waals surface area contributed by atoms with Crippen LogP contribution in [0.5, 0.6) is 0 Å². The molecule has 4 nitrogen and oxygen atoms in total. The molecule has 2 aromatic carbocycles. The molecule has 0 heterocycles. The zero-order valence-electron chi connectivity index (χ0n) is 13.8. The van der Waals surface area contributed by atoms with E-state index in [2.05, 4.69) is 20.7 Å². The summed E-state index contributed by atoms with van der Waals surface area (Å²) in [5, 5.41) is 0. The van der Waals surface area contributed by atoms with Gasteiger partial charge in [-0.15, -0.1) is 0 Å². The van der Waals surface area contributed by atoms with Crippen LogP contribution in [0.4, 0.5) is 4.39 Å². The predicted octanol–water partition coefficient (Wildman–Crippen LogP) is 4.05. The molecule has 0 aliphatic heterocycles. The Balaban J connectivity index is 2.01. The van der Waals surface area contributed by atoms with Crippen LogP contribution in [0.25, 0.3) is 6.08 Å². The van der Waals surface area contributed by atoms with Crippen molar-refractivity contribution in [2.45, 2.75) is 6.54 Å². The number of hydrogen-bond donors (Lipinski definition) is 0. The highest BCUT2D eigenvalue weighted by Crippen LogP contribution is 2.17. The van der Waals surface area contributed by atoms with Crippen LogP contribution in [-0.4, -0.2) is 30.9 Å². The first-order chi connectivity index (χ1) is 11.9. The topological polar surface area (TPSA) is 46.6 Å². The van der Waals surface area contributed by atoms with E-state index in [4.69, 9.17) is 0 Å². The van der Waals surface area contributed by atoms with Crippen molar-refractivity contribution in [3.05, 3.63) is 75.5 Å². The number of nitrogens with zero attached hydrogens (tertiary/aromatic N) is 1. The van der Waals surface area contributed by atoms with E-state index in [9.17, 15) is 14.0 Å². The first kappa shape index (κ1) is 18.9. The molecule has 130 valence electrons. The third kappa shape index (κ3) is 5.26. The number of halogens is 2. The maximum Gasteiger partial charge on any atom is 0.337 e. The maximum atomic E-state index is 13.7. The minimum Gasteiger partial charge on any atom is -0.465 e. The molecule has 0 saturated carbocycles. The van der Waals surface area contributed by atoms with E-state index in [1.807, 2.05) is 0 Å². The van der Waals surface area contributed by atoms with Gasteiger partial charge in [-0.05, 0) is 42.0 Å². The molecule has 0 aromatic heterocycles. The van der Waals surface area contributed by atoms with E-state index in [1.54, 1.807) is 43.4 Å². The number of ether oxygens (including phenoxy) is 1. The molecule has 0 spiro atoms. The zero-order valence-corrected chi connectivity index (χ0v) is 15.4. The summed E-state index contributed by atoms with van der Waals surface area (Å²) in [6.45, 7) is 0.367. The highest BCUT2D eigenvalue weighted by atomic mass is 79.9. The molecule has 6 heteroatoms. The Morgan fingerprint density at radius 2 is 1.88 bits per heavy atom. The first-order valence-corrected chi connectivity index (χ1v) is 8.25. The highest BCUT2D eigenvalue weighted by molar-refractivity contribution is 9.10. The molecule has 25 heavy (non-hydrogen) atoms. The lowest BCUT2D eigenvalue weighted by Crippen LogP contribution is -2.24. The molecule has 2 rings (SSSR count). The van der Waals surface area contributed by atoms with Gasteiger partial charge in [0.1, 0.15) is 5.82 Å². The van der Waals surface area contributed by atoms with E-state index < -0.39 is 11.8 Å². The second kappa shape index (κ2) is 8.58. The van der Waals surface area contributed by atoms with Crippen molar-refractivity contribution in [3.8, 4) is 0 Å². The molecule has 0 atom stereocenters. The number of esters is 1. The van der Waals surface area contributed by atoms with Gasteiger partial charge in [-0.3, -0.25) is 4.79 Å². The Hall–Kier alpha value is -2.47. The monoisotopic (exact) mass is 405 g/mol. The first-order valence-electron chi connectivity index (χ1n) is 7.46. The fourth-order valence-electron chi connectivity index (χ4n) is 2.15. The summed E-state index contributed by atoms with van der Waals surface area (Å²) in [5.41, 5.74) is 1.65. The molecule has 0 bridgehead atoms. The second-order valence-electron chi connectivity index (χ2n) is 5.38. The van der Waals surface area contributed by atoms with Crippen LogP contribution in [0.15, 0.2) is 53.0 Å². The number of methoxy groups -OCH3 is 1. The summed E-state index contributed by atoms with van der Waals surface area (Å²) in [5.74, 6) is -1.06. The van der Waals surface area contributed by atoms with Gasteiger partial charge in [0.15, 0.2) is 0 Å². The minimum atomic E-state index is -0.407. The second-order valence-corrected chi connectivity index (χ2v) is 6.30. The van der Waals surface area contributed by atoms with Gasteiger partial charge in [-0.25, -0.2) is 9.18 Å².